The first-order valence-electron chi connectivity index (χ1n) is 7.83. The Hall–Kier alpha value is -2.86. The van der Waals surface area contributed by atoms with Crippen LogP contribution >= 0.6 is 11.6 Å². The summed E-state index contributed by atoms with van der Waals surface area (Å²) in [6.07, 6.45) is -0.916. The first kappa shape index (κ1) is 19.5. The molecule has 0 aliphatic heterocycles. The van der Waals surface area contributed by atoms with Crippen molar-refractivity contribution in [1.29, 1.82) is 0 Å². The standard InChI is InChI=1S/C19H19ClN2O4/c1-12(18(23)13-5-9-16(25-2)10-6-13)26-19(24)14-3-7-15(8-4-14)22-17(21)11-20/h3-10,12H,11H2,1-2H3,(H2,21,22). The molecule has 0 heterocycles. The van der Waals surface area contributed by atoms with Gasteiger partial charge in [0.05, 0.1) is 24.2 Å². The normalized spacial score (nSPS) is 12.3. The summed E-state index contributed by atoms with van der Waals surface area (Å²) in [6.45, 7) is 1.53. The van der Waals surface area contributed by atoms with Gasteiger partial charge in [0.2, 0.25) is 5.78 Å². The van der Waals surface area contributed by atoms with Crippen molar-refractivity contribution in [2.24, 2.45) is 10.7 Å². The monoisotopic (exact) mass is 374 g/mol. The Labute approximate surface area is 156 Å². The van der Waals surface area contributed by atoms with Gasteiger partial charge in [-0.1, -0.05) is 0 Å². The molecular formula is C19H19ClN2O4. The second-order valence-corrected chi connectivity index (χ2v) is 5.69. The quantitative estimate of drug-likeness (QED) is 0.264. The molecule has 2 N–H and O–H groups in total. The molecule has 0 radical (unpaired) electrons. The number of hydrogen-bond donors (Lipinski definition) is 1. The number of rotatable bonds is 7. The number of nitrogens with two attached hydrogens (primary N) is 1. The van der Waals surface area contributed by atoms with Crippen molar-refractivity contribution in [3.05, 3.63) is 59.7 Å². The first-order chi connectivity index (χ1) is 12.4. The van der Waals surface area contributed by atoms with Gasteiger partial charge < -0.3 is 15.2 Å². The average molecular weight is 375 g/mol. The van der Waals surface area contributed by atoms with Gasteiger partial charge in [-0.05, 0) is 55.5 Å². The molecule has 0 aromatic heterocycles. The van der Waals surface area contributed by atoms with Gasteiger partial charge in [-0.3, -0.25) is 4.79 Å². The van der Waals surface area contributed by atoms with Crippen LogP contribution in [-0.4, -0.2) is 36.7 Å². The molecule has 0 aliphatic rings. The number of ether oxygens (including phenoxy) is 2. The first-order valence-corrected chi connectivity index (χ1v) is 8.36. The number of carbonyl (C=O) groups excluding carboxylic acids is 2. The molecule has 6 nitrogen and oxygen atoms in total. The summed E-state index contributed by atoms with van der Waals surface area (Å²) in [7, 11) is 1.54. The number of benzene rings is 2. The van der Waals surface area contributed by atoms with E-state index in [1.807, 2.05) is 0 Å². The molecule has 2 aromatic carbocycles. The third-order valence-corrected chi connectivity index (χ3v) is 3.81. The minimum Gasteiger partial charge on any atom is -0.497 e. The smallest absolute Gasteiger partial charge is 0.338 e. The lowest BCUT2D eigenvalue weighted by atomic mass is 10.1. The Bertz CT molecular complexity index is 801. The number of amidine groups is 1. The van der Waals surface area contributed by atoms with Crippen LogP contribution in [0.15, 0.2) is 53.5 Å². The highest BCUT2D eigenvalue weighted by Crippen LogP contribution is 2.17. The van der Waals surface area contributed by atoms with E-state index in [9.17, 15) is 9.59 Å². The predicted octanol–water partition coefficient (Wildman–Crippen LogP) is 3.35. The third-order valence-electron chi connectivity index (χ3n) is 3.54. The Morgan fingerprint density at radius 3 is 2.19 bits per heavy atom. The number of ketones is 1. The molecule has 26 heavy (non-hydrogen) atoms. The summed E-state index contributed by atoms with van der Waals surface area (Å²) < 4.78 is 10.3. The van der Waals surface area contributed by atoms with Gasteiger partial charge in [-0.2, -0.15) is 0 Å². The van der Waals surface area contributed by atoms with Gasteiger partial charge in [-0.15, -0.1) is 11.6 Å². The minimum atomic E-state index is -0.916. The lowest BCUT2D eigenvalue weighted by Crippen LogP contribution is -2.24. The van der Waals surface area contributed by atoms with Crippen LogP contribution < -0.4 is 10.5 Å². The van der Waals surface area contributed by atoms with E-state index < -0.39 is 12.1 Å². The zero-order valence-corrected chi connectivity index (χ0v) is 15.2. The predicted molar refractivity (Wildman–Crippen MR) is 101 cm³/mol. The summed E-state index contributed by atoms with van der Waals surface area (Å²) in [4.78, 5) is 28.6. The van der Waals surface area contributed by atoms with Crippen molar-refractivity contribution in [1.82, 2.24) is 0 Å². The zero-order chi connectivity index (χ0) is 19.1. The SMILES string of the molecule is COc1ccc(C(=O)C(C)OC(=O)c2ccc(N=C(N)CCl)cc2)cc1. The molecule has 7 heteroatoms. The summed E-state index contributed by atoms with van der Waals surface area (Å²) in [5.41, 5.74) is 6.87. The van der Waals surface area contributed by atoms with Crippen LogP contribution in [0.25, 0.3) is 0 Å². The summed E-state index contributed by atoms with van der Waals surface area (Å²) in [5, 5.41) is 0. The van der Waals surface area contributed by atoms with Crippen LogP contribution in [0.1, 0.15) is 27.6 Å². The Kier molecular flexibility index (Phi) is 6.74. The van der Waals surface area contributed by atoms with E-state index >= 15 is 0 Å². The van der Waals surface area contributed by atoms with Gasteiger partial charge in [0.25, 0.3) is 0 Å². The number of nitrogens with zero attached hydrogens (tertiary/aromatic N) is 1. The van der Waals surface area contributed by atoms with E-state index in [0.717, 1.165) is 0 Å². The molecule has 1 atom stereocenters. The van der Waals surface area contributed by atoms with Gasteiger partial charge >= 0.3 is 5.97 Å². The maximum atomic E-state index is 12.4. The maximum Gasteiger partial charge on any atom is 0.338 e. The highest BCUT2D eigenvalue weighted by Gasteiger charge is 2.20. The molecule has 0 fully saturated rings. The van der Waals surface area contributed by atoms with Gasteiger partial charge in [-0.25, -0.2) is 9.79 Å². The molecule has 0 aliphatic carbocycles. The molecule has 0 bridgehead atoms. The fourth-order valence-corrected chi connectivity index (χ4v) is 2.20. The number of alkyl halides is 1. The van der Waals surface area contributed by atoms with Gasteiger partial charge in [0.15, 0.2) is 6.10 Å². The van der Waals surface area contributed by atoms with E-state index in [2.05, 4.69) is 4.99 Å². The summed E-state index contributed by atoms with van der Waals surface area (Å²) in [5.74, 6) is 0.149. The molecular weight excluding hydrogens is 356 g/mol. The molecule has 2 aromatic rings. The average Bonchev–Trinajstić information content (AvgIpc) is 2.67. The number of aliphatic imine (C=N–C) groups is 1. The minimum absolute atomic E-state index is 0.120. The second kappa shape index (κ2) is 9.01. The zero-order valence-electron chi connectivity index (χ0n) is 14.4. The Morgan fingerprint density at radius 1 is 1.08 bits per heavy atom. The van der Waals surface area contributed by atoms with E-state index in [-0.39, 0.29) is 17.5 Å². The maximum absolute atomic E-state index is 12.4. The number of carbonyl (C=O) groups is 2. The number of esters is 1. The number of methoxy groups -OCH3 is 1. The van der Waals surface area contributed by atoms with Crippen molar-refractivity contribution in [2.75, 3.05) is 13.0 Å². The molecule has 0 amide bonds. The fraction of sp³-hybridized carbons (Fsp3) is 0.211. The van der Waals surface area contributed by atoms with Crippen molar-refractivity contribution in [3.8, 4) is 5.75 Å². The second-order valence-electron chi connectivity index (χ2n) is 5.42. The van der Waals surface area contributed by atoms with Crippen LogP contribution in [0, 0.1) is 0 Å². The van der Waals surface area contributed by atoms with Gasteiger partial charge in [0.1, 0.15) is 11.6 Å². The Morgan fingerprint density at radius 2 is 1.65 bits per heavy atom. The van der Waals surface area contributed by atoms with Crippen LogP contribution in [0.3, 0.4) is 0 Å². The third kappa shape index (κ3) is 5.07. The van der Waals surface area contributed by atoms with Crippen molar-refractivity contribution in [3.63, 3.8) is 0 Å². The van der Waals surface area contributed by atoms with Crippen molar-refractivity contribution < 1.29 is 19.1 Å². The lowest BCUT2D eigenvalue weighted by molar-refractivity contribution is 0.0319. The fourth-order valence-electron chi connectivity index (χ4n) is 2.14. The highest BCUT2D eigenvalue weighted by molar-refractivity contribution is 6.28. The highest BCUT2D eigenvalue weighted by atomic mass is 35.5. The molecule has 0 saturated carbocycles. The van der Waals surface area contributed by atoms with E-state index in [1.165, 1.54) is 6.92 Å². The summed E-state index contributed by atoms with van der Waals surface area (Å²) in [6, 6.07) is 12.9. The lowest BCUT2D eigenvalue weighted by Gasteiger charge is -2.12. The summed E-state index contributed by atoms with van der Waals surface area (Å²) >= 11 is 5.57. The molecule has 0 saturated heterocycles. The molecule has 0 spiro atoms. The number of hydrogen-bond acceptors (Lipinski definition) is 5. The molecule has 1 unspecified atom stereocenters. The molecule has 136 valence electrons. The van der Waals surface area contributed by atoms with E-state index in [4.69, 9.17) is 26.8 Å². The number of halogens is 1. The van der Waals surface area contributed by atoms with Crippen LogP contribution in [0.2, 0.25) is 0 Å². The Balaban J connectivity index is 2.02. The van der Waals surface area contributed by atoms with Crippen LogP contribution in [0.5, 0.6) is 5.75 Å². The van der Waals surface area contributed by atoms with E-state index in [1.54, 1.807) is 55.6 Å². The largest absolute Gasteiger partial charge is 0.497 e. The number of Topliss-reactive ketones (excluding diaryl/α,β-unsaturated/α-hetero) is 1. The van der Waals surface area contributed by atoms with Crippen molar-refractivity contribution >= 4 is 34.9 Å². The van der Waals surface area contributed by atoms with Crippen molar-refractivity contribution in [2.45, 2.75) is 13.0 Å². The molecule has 2 rings (SSSR count). The van der Waals surface area contributed by atoms with E-state index in [0.29, 0.717) is 22.6 Å². The van der Waals surface area contributed by atoms with Crippen LogP contribution in [0.4, 0.5) is 5.69 Å². The topological polar surface area (TPSA) is 91.0 Å². The van der Waals surface area contributed by atoms with Crippen LogP contribution in [-0.2, 0) is 4.74 Å². The van der Waals surface area contributed by atoms with Gasteiger partial charge in [0, 0.05) is 5.56 Å².